The van der Waals surface area contributed by atoms with Crippen LogP contribution in [0.25, 0.3) is 11.6 Å². The number of anilines is 1. The van der Waals surface area contributed by atoms with Gasteiger partial charge in [-0.1, -0.05) is 67.1 Å². The van der Waals surface area contributed by atoms with Gasteiger partial charge in [0.05, 0.1) is 0 Å². The minimum absolute atomic E-state index is 0.141. The van der Waals surface area contributed by atoms with Gasteiger partial charge in [-0.3, -0.25) is 15.0 Å². The molecule has 0 radical (unpaired) electrons. The van der Waals surface area contributed by atoms with Crippen molar-refractivity contribution in [2.45, 2.75) is 38.8 Å². The molecule has 1 unspecified atom stereocenters. The zero-order chi connectivity index (χ0) is 20.8. The van der Waals surface area contributed by atoms with E-state index < -0.39 is 0 Å². The Kier molecular flexibility index (Phi) is 6.72. The molecule has 0 bridgehead atoms. The van der Waals surface area contributed by atoms with Gasteiger partial charge < -0.3 is 0 Å². The summed E-state index contributed by atoms with van der Waals surface area (Å²) in [6, 6.07) is 20.3. The molecule has 1 saturated heterocycles. The average Bonchev–Trinajstić information content (AvgIpc) is 3.21. The van der Waals surface area contributed by atoms with Crippen molar-refractivity contribution in [2.75, 3.05) is 11.9 Å². The van der Waals surface area contributed by atoms with Crippen LogP contribution in [-0.4, -0.2) is 28.4 Å². The molecule has 4 rings (SSSR count). The van der Waals surface area contributed by atoms with E-state index in [1.165, 1.54) is 24.1 Å². The highest BCUT2D eigenvalue weighted by molar-refractivity contribution is 7.15. The summed E-state index contributed by atoms with van der Waals surface area (Å²) in [6.07, 6.45) is 7.65. The highest BCUT2D eigenvalue weighted by Crippen LogP contribution is 2.26. The molecule has 3 aromatic rings. The van der Waals surface area contributed by atoms with Gasteiger partial charge >= 0.3 is 0 Å². The number of benzene rings is 2. The van der Waals surface area contributed by atoms with E-state index >= 15 is 0 Å². The molecule has 2 aromatic carbocycles. The van der Waals surface area contributed by atoms with E-state index in [1.54, 1.807) is 11.3 Å². The molecular weight excluding hydrogens is 390 g/mol. The molecule has 1 amide bonds. The Bertz CT molecular complexity index is 998. The number of amides is 1. The molecule has 0 spiro atoms. The number of aromatic nitrogens is 1. The number of hydrogen-bond acceptors (Lipinski definition) is 4. The van der Waals surface area contributed by atoms with E-state index in [4.69, 9.17) is 0 Å². The van der Waals surface area contributed by atoms with Gasteiger partial charge in [-0.15, -0.1) is 11.3 Å². The summed E-state index contributed by atoms with van der Waals surface area (Å²) >= 11 is 1.56. The van der Waals surface area contributed by atoms with Gasteiger partial charge in [0.25, 0.3) is 5.91 Å². The lowest BCUT2D eigenvalue weighted by atomic mass is 10.0. The molecule has 154 valence electrons. The van der Waals surface area contributed by atoms with E-state index in [0.29, 0.717) is 16.7 Å². The molecule has 1 N–H and O–H groups in total. The van der Waals surface area contributed by atoms with E-state index in [1.807, 2.05) is 72.9 Å². The predicted molar refractivity (Wildman–Crippen MR) is 125 cm³/mol. The summed E-state index contributed by atoms with van der Waals surface area (Å²) in [5.41, 5.74) is 2.51. The fraction of sp³-hybridized carbons (Fsp3) is 0.280. The molecule has 0 aliphatic carbocycles. The third-order valence-corrected chi connectivity index (χ3v) is 6.41. The summed E-state index contributed by atoms with van der Waals surface area (Å²) < 4.78 is 0. The number of rotatable bonds is 6. The second-order valence-corrected chi connectivity index (χ2v) is 8.85. The second-order valence-electron chi connectivity index (χ2n) is 7.74. The van der Waals surface area contributed by atoms with E-state index in [9.17, 15) is 4.79 Å². The molecular formula is C25H27N3OS. The number of nitrogens with one attached hydrogen (secondary N) is 1. The summed E-state index contributed by atoms with van der Waals surface area (Å²) in [6.45, 7) is 4.34. The van der Waals surface area contributed by atoms with Crippen molar-refractivity contribution >= 4 is 34.0 Å². The van der Waals surface area contributed by atoms with E-state index in [-0.39, 0.29) is 5.91 Å². The van der Waals surface area contributed by atoms with Crippen molar-refractivity contribution in [3.05, 3.63) is 82.9 Å². The minimum Gasteiger partial charge on any atom is -0.298 e. The molecule has 0 saturated carbocycles. The first-order valence-electron chi connectivity index (χ1n) is 10.5. The molecule has 4 nitrogen and oxygen atoms in total. The van der Waals surface area contributed by atoms with Crippen molar-refractivity contribution < 1.29 is 4.79 Å². The maximum absolute atomic E-state index is 13.1. The Labute approximate surface area is 182 Å². The highest BCUT2D eigenvalue weighted by Gasteiger charge is 2.20. The minimum atomic E-state index is -0.141. The van der Waals surface area contributed by atoms with Gasteiger partial charge in [-0.05, 0) is 43.5 Å². The van der Waals surface area contributed by atoms with Crippen LogP contribution in [-0.2, 0) is 11.3 Å². The molecule has 1 aromatic heterocycles. The third kappa shape index (κ3) is 5.23. The number of hydrogen-bond donors (Lipinski definition) is 1. The molecule has 1 atom stereocenters. The SMILES string of the molecule is CC1CCCCN1Cc1cnc(NC(=O)/C(=C\c2ccccc2)c2ccccc2)s1. The standard InChI is InChI=1S/C25H27N3OS/c1-19-10-8-9-15-28(19)18-22-17-26-25(30-22)27-24(29)23(21-13-6-3-7-14-21)16-20-11-4-2-5-12-20/h2-7,11-14,16-17,19H,8-10,15,18H2,1H3,(H,26,27,29)/b23-16-. The number of likely N-dealkylation sites (tertiary alicyclic amines) is 1. The Balaban J connectivity index is 1.50. The Hall–Kier alpha value is -2.76. The van der Waals surface area contributed by atoms with Crippen LogP contribution >= 0.6 is 11.3 Å². The van der Waals surface area contributed by atoms with Crippen molar-refractivity contribution in [3.63, 3.8) is 0 Å². The van der Waals surface area contributed by atoms with Crippen LogP contribution in [0.3, 0.4) is 0 Å². The maximum atomic E-state index is 13.1. The molecule has 1 aliphatic rings. The van der Waals surface area contributed by atoms with Crippen LogP contribution in [0.4, 0.5) is 5.13 Å². The zero-order valence-electron chi connectivity index (χ0n) is 17.3. The first kappa shape index (κ1) is 20.5. The topological polar surface area (TPSA) is 45.2 Å². The number of carbonyl (C=O) groups excluding carboxylic acids is 1. The Morgan fingerprint density at radius 3 is 2.60 bits per heavy atom. The quantitative estimate of drug-likeness (QED) is 0.413. The number of nitrogens with zero attached hydrogens (tertiary/aromatic N) is 2. The predicted octanol–water partition coefficient (Wildman–Crippen LogP) is 5.70. The fourth-order valence-corrected chi connectivity index (χ4v) is 4.64. The van der Waals surface area contributed by atoms with Crippen molar-refractivity contribution in [1.82, 2.24) is 9.88 Å². The lowest BCUT2D eigenvalue weighted by Gasteiger charge is -2.32. The third-order valence-electron chi connectivity index (χ3n) is 5.51. The summed E-state index contributed by atoms with van der Waals surface area (Å²) in [7, 11) is 0. The summed E-state index contributed by atoms with van der Waals surface area (Å²) in [5.74, 6) is -0.141. The van der Waals surface area contributed by atoms with Crippen LogP contribution in [0.2, 0.25) is 0 Å². The van der Waals surface area contributed by atoms with Crippen molar-refractivity contribution in [3.8, 4) is 0 Å². The molecule has 1 aliphatic heterocycles. The van der Waals surface area contributed by atoms with Gasteiger partial charge in [0, 0.05) is 29.2 Å². The van der Waals surface area contributed by atoms with Gasteiger partial charge in [-0.25, -0.2) is 4.98 Å². The van der Waals surface area contributed by atoms with Gasteiger partial charge in [0.2, 0.25) is 0 Å². The monoisotopic (exact) mass is 417 g/mol. The zero-order valence-corrected chi connectivity index (χ0v) is 18.1. The number of thiazole rings is 1. The van der Waals surface area contributed by atoms with E-state index in [2.05, 4.69) is 22.1 Å². The first-order chi connectivity index (χ1) is 14.7. The molecule has 30 heavy (non-hydrogen) atoms. The van der Waals surface area contributed by atoms with Crippen LogP contribution in [0.15, 0.2) is 66.9 Å². The average molecular weight is 418 g/mol. The second kappa shape index (κ2) is 9.83. The van der Waals surface area contributed by atoms with Gasteiger partial charge in [-0.2, -0.15) is 0 Å². The lowest BCUT2D eigenvalue weighted by molar-refractivity contribution is -0.111. The Morgan fingerprint density at radius 2 is 1.87 bits per heavy atom. The molecule has 5 heteroatoms. The van der Waals surface area contributed by atoms with Crippen LogP contribution in [0.5, 0.6) is 0 Å². The number of piperidine rings is 1. The van der Waals surface area contributed by atoms with Gasteiger partial charge in [0.15, 0.2) is 5.13 Å². The number of carbonyl (C=O) groups is 1. The highest BCUT2D eigenvalue weighted by atomic mass is 32.1. The fourth-order valence-electron chi connectivity index (χ4n) is 3.81. The lowest BCUT2D eigenvalue weighted by Crippen LogP contribution is -2.36. The van der Waals surface area contributed by atoms with Gasteiger partial charge in [0.1, 0.15) is 0 Å². The van der Waals surface area contributed by atoms with Crippen molar-refractivity contribution in [2.24, 2.45) is 0 Å². The van der Waals surface area contributed by atoms with Crippen molar-refractivity contribution in [1.29, 1.82) is 0 Å². The largest absolute Gasteiger partial charge is 0.298 e. The summed E-state index contributed by atoms with van der Waals surface area (Å²) in [4.78, 5) is 21.3. The molecule has 2 heterocycles. The van der Waals surface area contributed by atoms with Crippen LogP contribution in [0, 0.1) is 0 Å². The van der Waals surface area contributed by atoms with Crippen LogP contribution < -0.4 is 5.32 Å². The van der Waals surface area contributed by atoms with Crippen LogP contribution in [0.1, 0.15) is 42.2 Å². The normalized spacial score (nSPS) is 17.6. The first-order valence-corrected chi connectivity index (χ1v) is 11.3. The maximum Gasteiger partial charge on any atom is 0.258 e. The summed E-state index contributed by atoms with van der Waals surface area (Å²) in [5, 5.41) is 3.66. The Morgan fingerprint density at radius 1 is 1.13 bits per heavy atom. The molecule has 1 fully saturated rings. The smallest absolute Gasteiger partial charge is 0.258 e. The van der Waals surface area contributed by atoms with E-state index in [0.717, 1.165) is 24.2 Å².